The summed E-state index contributed by atoms with van der Waals surface area (Å²) >= 11 is 1.59. The summed E-state index contributed by atoms with van der Waals surface area (Å²) in [7, 11) is 0. The van der Waals surface area contributed by atoms with Gasteiger partial charge in [-0.25, -0.2) is 0 Å². The second kappa shape index (κ2) is 6.37. The summed E-state index contributed by atoms with van der Waals surface area (Å²) in [4.78, 5) is 0. The molecule has 1 saturated heterocycles. The van der Waals surface area contributed by atoms with Crippen molar-refractivity contribution in [3.63, 3.8) is 0 Å². The van der Waals surface area contributed by atoms with E-state index in [2.05, 4.69) is 12.2 Å². The molecule has 0 aromatic rings. The lowest BCUT2D eigenvalue weighted by Crippen LogP contribution is -2.22. The minimum Gasteiger partial charge on any atom is -0.375 e. The van der Waals surface area contributed by atoms with Crippen LogP contribution >= 0.6 is 11.8 Å². The van der Waals surface area contributed by atoms with Crippen molar-refractivity contribution in [1.29, 1.82) is 10.5 Å². The van der Waals surface area contributed by atoms with E-state index in [4.69, 9.17) is 10.5 Å². The molecule has 1 N–H and O–H groups in total. The Balaban J connectivity index is 2.43. The number of unbranched alkanes of at least 4 members (excludes halogenated alkanes) is 2. The van der Waals surface area contributed by atoms with Gasteiger partial charge < -0.3 is 5.32 Å². The Morgan fingerprint density at radius 3 is 2.80 bits per heavy atom. The number of rotatable bonds is 4. The molecule has 1 aliphatic rings. The van der Waals surface area contributed by atoms with Gasteiger partial charge in [0.25, 0.3) is 0 Å². The van der Waals surface area contributed by atoms with Crippen LogP contribution in [0.5, 0.6) is 0 Å². The standard InChI is InChI=1S/C11H15N3S/c1-2-3-4-5-10-8-15-11(14-10)9(6-12)7-13/h10,14H,2-5,8H2,1H3. The molecule has 0 amide bonds. The summed E-state index contributed by atoms with van der Waals surface area (Å²) in [6.07, 6.45) is 4.83. The van der Waals surface area contributed by atoms with Crippen molar-refractivity contribution in [2.45, 2.75) is 38.6 Å². The molecule has 1 atom stereocenters. The van der Waals surface area contributed by atoms with Crippen molar-refractivity contribution in [1.82, 2.24) is 5.32 Å². The highest BCUT2D eigenvalue weighted by atomic mass is 32.2. The maximum absolute atomic E-state index is 8.70. The number of hydrogen-bond acceptors (Lipinski definition) is 4. The molecule has 0 bridgehead atoms. The van der Waals surface area contributed by atoms with E-state index in [1.54, 1.807) is 11.8 Å². The second-order valence-electron chi connectivity index (χ2n) is 3.58. The Morgan fingerprint density at radius 2 is 2.20 bits per heavy atom. The summed E-state index contributed by atoms with van der Waals surface area (Å²) in [5, 5.41) is 21.4. The van der Waals surface area contributed by atoms with Crippen molar-refractivity contribution in [3.8, 4) is 12.1 Å². The molecule has 80 valence electrons. The summed E-state index contributed by atoms with van der Waals surface area (Å²) in [5.74, 6) is 0.978. The lowest BCUT2D eigenvalue weighted by molar-refractivity contribution is 0.554. The zero-order valence-electron chi connectivity index (χ0n) is 8.92. The van der Waals surface area contributed by atoms with Gasteiger partial charge in [-0.1, -0.05) is 26.2 Å². The largest absolute Gasteiger partial charge is 0.375 e. The maximum Gasteiger partial charge on any atom is 0.159 e. The highest BCUT2D eigenvalue weighted by Crippen LogP contribution is 2.27. The highest BCUT2D eigenvalue weighted by Gasteiger charge is 2.21. The fourth-order valence-electron chi connectivity index (χ4n) is 1.52. The quantitative estimate of drug-likeness (QED) is 0.585. The molecule has 0 spiro atoms. The zero-order valence-corrected chi connectivity index (χ0v) is 9.73. The first kappa shape index (κ1) is 11.9. The second-order valence-corrected chi connectivity index (χ2v) is 4.61. The molecular formula is C11H15N3S. The van der Waals surface area contributed by atoms with Crippen LogP contribution in [0, 0.1) is 22.7 Å². The number of allylic oxidation sites excluding steroid dienone is 1. The summed E-state index contributed by atoms with van der Waals surface area (Å²) in [5.41, 5.74) is 0.220. The highest BCUT2D eigenvalue weighted by molar-refractivity contribution is 8.03. The first-order chi connectivity index (χ1) is 7.31. The van der Waals surface area contributed by atoms with Crippen LogP contribution in [0.2, 0.25) is 0 Å². The van der Waals surface area contributed by atoms with E-state index in [0.717, 1.165) is 17.2 Å². The Labute approximate surface area is 95.2 Å². The number of hydrogen-bond donors (Lipinski definition) is 1. The molecule has 4 heteroatoms. The van der Waals surface area contributed by atoms with Gasteiger partial charge in [-0.05, 0) is 6.42 Å². The molecule has 1 heterocycles. The van der Waals surface area contributed by atoms with Crippen LogP contribution in [-0.2, 0) is 0 Å². The van der Waals surface area contributed by atoms with Crippen LogP contribution in [-0.4, -0.2) is 11.8 Å². The number of nitriles is 2. The van der Waals surface area contributed by atoms with E-state index in [0.29, 0.717) is 6.04 Å². The van der Waals surface area contributed by atoms with Gasteiger partial charge in [0.1, 0.15) is 12.1 Å². The van der Waals surface area contributed by atoms with Gasteiger partial charge in [0.2, 0.25) is 0 Å². The first-order valence-corrected chi connectivity index (χ1v) is 6.24. The van der Waals surface area contributed by atoms with Crippen molar-refractivity contribution >= 4 is 11.8 Å². The van der Waals surface area contributed by atoms with Crippen molar-refractivity contribution < 1.29 is 0 Å². The predicted molar refractivity (Wildman–Crippen MR) is 61.8 cm³/mol. The molecule has 0 aromatic carbocycles. The van der Waals surface area contributed by atoms with Gasteiger partial charge in [0.15, 0.2) is 5.57 Å². The predicted octanol–water partition coefficient (Wildman–Crippen LogP) is 2.53. The van der Waals surface area contributed by atoms with E-state index in [-0.39, 0.29) is 5.57 Å². The molecule has 0 radical (unpaired) electrons. The van der Waals surface area contributed by atoms with Gasteiger partial charge in [0.05, 0.1) is 5.03 Å². The molecule has 1 rings (SSSR count). The smallest absolute Gasteiger partial charge is 0.159 e. The third-order valence-electron chi connectivity index (χ3n) is 2.37. The summed E-state index contributed by atoms with van der Waals surface area (Å²) in [6, 6.07) is 4.27. The van der Waals surface area contributed by atoms with Crippen LogP contribution in [0.15, 0.2) is 10.6 Å². The van der Waals surface area contributed by atoms with Crippen molar-refractivity contribution in [3.05, 3.63) is 10.6 Å². The number of nitrogens with one attached hydrogen (secondary N) is 1. The van der Waals surface area contributed by atoms with Crippen LogP contribution < -0.4 is 5.32 Å². The van der Waals surface area contributed by atoms with Crippen LogP contribution in [0.4, 0.5) is 0 Å². The fourth-order valence-corrected chi connectivity index (χ4v) is 2.62. The zero-order chi connectivity index (χ0) is 11.1. The molecule has 15 heavy (non-hydrogen) atoms. The normalized spacial score (nSPS) is 19.1. The molecule has 0 aliphatic carbocycles. The monoisotopic (exact) mass is 221 g/mol. The SMILES string of the molecule is CCCCCC1CSC(=C(C#N)C#N)N1. The van der Waals surface area contributed by atoms with E-state index in [1.165, 1.54) is 19.3 Å². The van der Waals surface area contributed by atoms with Gasteiger partial charge in [0, 0.05) is 11.8 Å². The van der Waals surface area contributed by atoms with E-state index >= 15 is 0 Å². The number of thioether (sulfide) groups is 1. The van der Waals surface area contributed by atoms with Crippen LogP contribution in [0.25, 0.3) is 0 Å². The fraction of sp³-hybridized carbons (Fsp3) is 0.636. The summed E-state index contributed by atoms with van der Waals surface area (Å²) in [6.45, 7) is 2.19. The third kappa shape index (κ3) is 3.49. The Morgan fingerprint density at radius 1 is 1.47 bits per heavy atom. The molecule has 0 saturated carbocycles. The molecule has 3 nitrogen and oxygen atoms in total. The average molecular weight is 221 g/mol. The maximum atomic E-state index is 8.70. The van der Waals surface area contributed by atoms with Gasteiger partial charge in [-0.3, -0.25) is 0 Å². The lowest BCUT2D eigenvalue weighted by atomic mass is 10.1. The third-order valence-corrected chi connectivity index (χ3v) is 3.55. The Hall–Kier alpha value is -1.13. The molecule has 1 unspecified atom stereocenters. The Kier molecular flexibility index (Phi) is 5.07. The van der Waals surface area contributed by atoms with Crippen LogP contribution in [0.3, 0.4) is 0 Å². The minimum absolute atomic E-state index is 0.220. The van der Waals surface area contributed by atoms with Crippen LogP contribution in [0.1, 0.15) is 32.6 Å². The van der Waals surface area contributed by atoms with Crippen molar-refractivity contribution in [2.24, 2.45) is 0 Å². The molecule has 1 fully saturated rings. The average Bonchev–Trinajstić information content (AvgIpc) is 2.69. The minimum atomic E-state index is 0.220. The van der Waals surface area contributed by atoms with Gasteiger partial charge in [-0.15, -0.1) is 11.8 Å². The lowest BCUT2D eigenvalue weighted by Gasteiger charge is -2.08. The summed E-state index contributed by atoms with van der Waals surface area (Å²) < 4.78 is 0. The van der Waals surface area contributed by atoms with Gasteiger partial charge in [-0.2, -0.15) is 10.5 Å². The topological polar surface area (TPSA) is 59.6 Å². The molecular weight excluding hydrogens is 206 g/mol. The van der Waals surface area contributed by atoms with E-state index < -0.39 is 0 Å². The Bertz CT molecular complexity index is 306. The molecule has 1 aliphatic heterocycles. The number of nitrogens with zero attached hydrogens (tertiary/aromatic N) is 2. The first-order valence-electron chi connectivity index (χ1n) is 5.25. The molecule has 0 aromatic heterocycles. The van der Waals surface area contributed by atoms with E-state index in [9.17, 15) is 0 Å². The van der Waals surface area contributed by atoms with Crippen molar-refractivity contribution in [2.75, 3.05) is 5.75 Å². The van der Waals surface area contributed by atoms with Gasteiger partial charge >= 0.3 is 0 Å². The van der Waals surface area contributed by atoms with E-state index in [1.807, 2.05) is 12.1 Å².